The first-order valence-corrected chi connectivity index (χ1v) is 7.11. The highest BCUT2D eigenvalue weighted by Crippen LogP contribution is 2.21. The van der Waals surface area contributed by atoms with Crippen molar-refractivity contribution in [3.05, 3.63) is 59.7 Å². The lowest BCUT2D eigenvalue weighted by Gasteiger charge is -2.35. The van der Waals surface area contributed by atoms with Crippen molar-refractivity contribution in [3.8, 4) is 0 Å². The normalized spacial score (nSPS) is 19.9. The Kier molecular flexibility index (Phi) is 4.04. The van der Waals surface area contributed by atoms with Gasteiger partial charge in [-0.15, -0.1) is 0 Å². The van der Waals surface area contributed by atoms with Gasteiger partial charge in [0.1, 0.15) is 5.82 Å². The van der Waals surface area contributed by atoms with Gasteiger partial charge in [0, 0.05) is 38.1 Å². The third-order valence-corrected chi connectivity index (χ3v) is 3.69. The summed E-state index contributed by atoms with van der Waals surface area (Å²) < 4.78 is 0. The van der Waals surface area contributed by atoms with Crippen LogP contribution >= 0.6 is 0 Å². The Hall–Kier alpha value is -1.78. The van der Waals surface area contributed by atoms with E-state index < -0.39 is 0 Å². The fourth-order valence-electron chi connectivity index (χ4n) is 2.64. The summed E-state index contributed by atoms with van der Waals surface area (Å²) in [4.78, 5) is 11.5. The second kappa shape index (κ2) is 6.11. The van der Waals surface area contributed by atoms with Crippen LogP contribution < -0.4 is 5.32 Å². The molecule has 0 radical (unpaired) electrons. The molecule has 3 rings (SSSR count). The van der Waals surface area contributed by atoms with Gasteiger partial charge in [0.15, 0.2) is 0 Å². The summed E-state index contributed by atoms with van der Waals surface area (Å²) >= 11 is 0. The third-order valence-electron chi connectivity index (χ3n) is 3.69. The molecule has 4 heteroatoms. The maximum Gasteiger partial charge on any atom is 0.146 e. The third kappa shape index (κ3) is 3.03. The predicted octanol–water partition coefficient (Wildman–Crippen LogP) is 1.93. The average molecular weight is 268 g/mol. The van der Waals surface area contributed by atoms with E-state index in [4.69, 9.17) is 0 Å². The summed E-state index contributed by atoms with van der Waals surface area (Å²) in [5.41, 5.74) is 2.37. The number of piperazine rings is 1. The van der Waals surface area contributed by atoms with Crippen molar-refractivity contribution in [2.45, 2.75) is 19.5 Å². The van der Waals surface area contributed by atoms with Gasteiger partial charge in [0.25, 0.3) is 0 Å². The zero-order chi connectivity index (χ0) is 13.8. The number of benzene rings is 1. The summed E-state index contributed by atoms with van der Waals surface area (Å²) in [5.74, 6) is 0.924. The largest absolute Gasteiger partial charge is 0.313 e. The highest BCUT2D eigenvalue weighted by Gasteiger charge is 2.25. The molecule has 1 aromatic carbocycles. The molecule has 1 aromatic heterocycles. The van der Waals surface area contributed by atoms with Crippen molar-refractivity contribution in [2.24, 2.45) is 0 Å². The lowest BCUT2D eigenvalue weighted by atomic mass is 10.1. The maximum atomic E-state index is 4.60. The topological polar surface area (TPSA) is 41.1 Å². The number of hydrogen-bond donors (Lipinski definition) is 1. The molecule has 104 valence electrons. The van der Waals surface area contributed by atoms with E-state index in [-0.39, 0.29) is 6.04 Å². The molecule has 1 fully saturated rings. The van der Waals surface area contributed by atoms with Crippen LogP contribution in [0.4, 0.5) is 0 Å². The van der Waals surface area contributed by atoms with E-state index in [9.17, 15) is 0 Å². The molecule has 0 unspecified atom stereocenters. The summed E-state index contributed by atoms with van der Waals surface area (Å²) in [6, 6.07) is 12.8. The van der Waals surface area contributed by atoms with Gasteiger partial charge in [-0.25, -0.2) is 9.97 Å². The number of nitrogens with zero attached hydrogens (tertiary/aromatic N) is 3. The molecule has 1 atom stereocenters. The zero-order valence-electron chi connectivity index (χ0n) is 11.8. The molecular formula is C16H20N4. The number of aryl methyl sites for hydroxylation is 1. The predicted molar refractivity (Wildman–Crippen MR) is 79.2 cm³/mol. The first-order valence-electron chi connectivity index (χ1n) is 7.11. The molecule has 0 spiro atoms. The van der Waals surface area contributed by atoms with Crippen molar-refractivity contribution in [1.29, 1.82) is 0 Å². The van der Waals surface area contributed by atoms with E-state index in [1.165, 1.54) is 5.56 Å². The number of rotatable bonds is 3. The number of aromatic nitrogens is 2. The quantitative estimate of drug-likeness (QED) is 0.923. The van der Waals surface area contributed by atoms with Gasteiger partial charge in [-0.05, 0) is 18.6 Å². The first-order chi connectivity index (χ1) is 9.83. The van der Waals surface area contributed by atoms with Crippen LogP contribution in [0.5, 0.6) is 0 Å². The molecule has 1 saturated heterocycles. The fourth-order valence-corrected chi connectivity index (χ4v) is 2.64. The van der Waals surface area contributed by atoms with E-state index in [0.29, 0.717) is 0 Å². The first kappa shape index (κ1) is 13.2. The van der Waals surface area contributed by atoms with Gasteiger partial charge < -0.3 is 5.32 Å². The van der Waals surface area contributed by atoms with Crippen molar-refractivity contribution >= 4 is 0 Å². The number of nitrogens with one attached hydrogen (secondary N) is 1. The molecule has 1 aliphatic heterocycles. The molecule has 0 saturated carbocycles. The highest BCUT2D eigenvalue weighted by atomic mass is 15.2. The van der Waals surface area contributed by atoms with E-state index >= 15 is 0 Å². The van der Waals surface area contributed by atoms with E-state index in [0.717, 1.165) is 37.7 Å². The van der Waals surface area contributed by atoms with Crippen molar-refractivity contribution in [3.63, 3.8) is 0 Å². The van der Waals surface area contributed by atoms with Crippen LogP contribution in [0.2, 0.25) is 0 Å². The Morgan fingerprint density at radius 2 is 2.10 bits per heavy atom. The summed E-state index contributed by atoms with van der Waals surface area (Å²) in [6.07, 6.45) is 1.85. The minimum Gasteiger partial charge on any atom is -0.313 e. The molecule has 20 heavy (non-hydrogen) atoms. The van der Waals surface area contributed by atoms with Crippen molar-refractivity contribution in [2.75, 3.05) is 19.6 Å². The number of hydrogen-bond acceptors (Lipinski definition) is 4. The lowest BCUT2D eigenvalue weighted by molar-refractivity contribution is 0.147. The zero-order valence-corrected chi connectivity index (χ0v) is 11.8. The van der Waals surface area contributed by atoms with Gasteiger partial charge >= 0.3 is 0 Å². The van der Waals surface area contributed by atoms with Gasteiger partial charge in [-0.1, -0.05) is 30.3 Å². The summed E-state index contributed by atoms with van der Waals surface area (Å²) in [6.45, 7) is 5.93. The molecule has 2 aromatic rings. The molecule has 0 bridgehead atoms. The summed E-state index contributed by atoms with van der Waals surface area (Å²) in [7, 11) is 0. The maximum absolute atomic E-state index is 4.60. The van der Waals surface area contributed by atoms with Crippen LogP contribution in [0.1, 0.15) is 23.1 Å². The van der Waals surface area contributed by atoms with Gasteiger partial charge in [-0.2, -0.15) is 0 Å². The Bertz CT molecular complexity index is 555. The molecule has 4 nitrogen and oxygen atoms in total. The van der Waals surface area contributed by atoms with Crippen LogP contribution in [0, 0.1) is 6.92 Å². The van der Waals surface area contributed by atoms with Crippen LogP contribution in [0.25, 0.3) is 0 Å². The average Bonchev–Trinajstić information content (AvgIpc) is 2.49. The highest BCUT2D eigenvalue weighted by molar-refractivity contribution is 5.15. The fraction of sp³-hybridized carbons (Fsp3) is 0.375. The standard InChI is InChI=1S/C16H20N4/c1-13-7-8-18-16(19-13)15-11-17-9-10-20(15)12-14-5-3-2-4-6-14/h2-8,15,17H,9-12H2,1H3/t15-/m1/s1. The van der Waals surface area contributed by atoms with Crippen molar-refractivity contribution in [1.82, 2.24) is 20.2 Å². The monoisotopic (exact) mass is 268 g/mol. The van der Waals surface area contributed by atoms with Crippen LogP contribution in [-0.2, 0) is 6.54 Å². The minimum absolute atomic E-state index is 0.254. The van der Waals surface area contributed by atoms with Gasteiger partial charge in [0.05, 0.1) is 6.04 Å². The molecular weight excluding hydrogens is 248 g/mol. The Morgan fingerprint density at radius 3 is 2.90 bits per heavy atom. The summed E-state index contributed by atoms with van der Waals surface area (Å²) in [5, 5.41) is 3.45. The minimum atomic E-state index is 0.254. The second-order valence-corrected chi connectivity index (χ2v) is 5.23. The van der Waals surface area contributed by atoms with Crippen LogP contribution in [0.15, 0.2) is 42.6 Å². The molecule has 0 aliphatic carbocycles. The molecule has 0 amide bonds. The molecule has 2 heterocycles. The lowest BCUT2D eigenvalue weighted by Crippen LogP contribution is -2.46. The Balaban J connectivity index is 1.80. The van der Waals surface area contributed by atoms with Gasteiger partial charge in [-0.3, -0.25) is 4.90 Å². The van der Waals surface area contributed by atoms with E-state index in [1.807, 2.05) is 19.2 Å². The van der Waals surface area contributed by atoms with Crippen molar-refractivity contribution < 1.29 is 0 Å². The Morgan fingerprint density at radius 1 is 1.25 bits per heavy atom. The van der Waals surface area contributed by atoms with E-state index in [1.54, 1.807) is 0 Å². The molecule has 1 aliphatic rings. The Labute approximate surface area is 119 Å². The van der Waals surface area contributed by atoms with Crippen LogP contribution in [0.3, 0.4) is 0 Å². The SMILES string of the molecule is Cc1ccnc([C@H]2CNCCN2Cc2ccccc2)n1. The molecule has 1 N–H and O–H groups in total. The van der Waals surface area contributed by atoms with Gasteiger partial charge in [0.2, 0.25) is 0 Å². The smallest absolute Gasteiger partial charge is 0.146 e. The van der Waals surface area contributed by atoms with E-state index in [2.05, 4.69) is 50.5 Å². The second-order valence-electron chi connectivity index (χ2n) is 5.23. The van der Waals surface area contributed by atoms with Crippen LogP contribution in [-0.4, -0.2) is 34.5 Å².